The Hall–Kier alpha value is -0.940. The van der Waals surface area contributed by atoms with Crippen molar-refractivity contribution in [1.29, 1.82) is 0 Å². The van der Waals surface area contributed by atoms with E-state index in [1.54, 1.807) is 18.0 Å². The third-order valence-corrected chi connectivity index (χ3v) is 1.85. The summed E-state index contributed by atoms with van der Waals surface area (Å²) in [6.45, 7) is 5.21. The molecule has 0 aromatic carbocycles. The van der Waals surface area contributed by atoms with E-state index in [0.29, 0.717) is 11.6 Å². The maximum Gasteiger partial charge on any atom is 0.120 e. The molecule has 1 atom stereocenters. The van der Waals surface area contributed by atoms with E-state index in [2.05, 4.69) is 24.2 Å². The molecule has 0 radical (unpaired) electrons. The van der Waals surface area contributed by atoms with Crippen molar-refractivity contribution in [1.82, 2.24) is 15.0 Å². The number of hydrogen-bond acceptors (Lipinski definition) is 4. The molecule has 0 fully saturated rings. The minimum atomic E-state index is -0.645. The molecule has 0 saturated heterocycles. The van der Waals surface area contributed by atoms with Gasteiger partial charge in [-0.25, -0.2) is 4.68 Å². The van der Waals surface area contributed by atoms with Gasteiger partial charge < -0.3 is 9.84 Å². The minimum absolute atomic E-state index is 0.269. The first-order chi connectivity index (χ1) is 6.65. The lowest BCUT2D eigenvalue weighted by molar-refractivity contribution is 0.0581. The second-order valence-electron chi connectivity index (χ2n) is 3.71. The van der Waals surface area contributed by atoms with Crippen LogP contribution < -0.4 is 0 Å². The van der Waals surface area contributed by atoms with Crippen LogP contribution in [-0.4, -0.2) is 33.8 Å². The fourth-order valence-corrected chi connectivity index (χ4v) is 1.25. The molecule has 1 aromatic heterocycles. The van der Waals surface area contributed by atoms with Crippen LogP contribution in [0.5, 0.6) is 0 Å². The molecule has 1 rings (SSSR count). The van der Waals surface area contributed by atoms with Gasteiger partial charge in [-0.1, -0.05) is 19.1 Å². The molecule has 0 spiro atoms. The summed E-state index contributed by atoms with van der Waals surface area (Å²) in [7, 11) is 1.56. The Kier molecular flexibility index (Phi) is 4.03. The van der Waals surface area contributed by atoms with Crippen LogP contribution in [0.25, 0.3) is 0 Å². The quantitative estimate of drug-likeness (QED) is 0.755. The van der Waals surface area contributed by atoms with Crippen molar-refractivity contribution in [3.05, 3.63) is 11.9 Å². The van der Waals surface area contributed by atoms with E-state index in [9.17, 15) is 5.11 Å². The standard InChI is InChI=1S/C9H17N3O2/c1-7(2)5-12-8(4-10-11-12)9(13)6-14-3/h4,7,9,13H,5-6H2,1-3H3. The van der Waals surface area contributed by atoms with Gasteiger partial charge in [-0.05, 0) is 5.92 Å². The molecule has 14 heavy (non-hydrogen) atoms. The van der Waals surface area contributed by atoms with Crippen molar-refractivity contribution in [2.24, 2.45) is 5.92 Å². The Morgan fingerprint density at radius 1 is 1.57 bits per heavy atom. The van der Waals surface area contributed by atoms with Gasteiger partial charge in [0, 0.05) is 13.7 Å². The molecule has 5 heteroatoms. The van der Waals surface area contributed by atoms with Gasteiger partial charge in [0.1, 0.15) is 6.10 Å². The van der Waals surface area contributed by atoms with E-state index in [0.717, 1.165) is 6.54 Å². The molecule has 5 nitrogen and oxygen atoms in total. The van der Waals surface area contributed by atoms with Gasteiger partial charge in [0.25, 0.3) is 0 Å². The molecule has 0 bridgehead atoms. The summed E-state index contributed by atoms with van der Waals surface area (Å²) in [5.41, 5.74) is 0.709. The maximum absolute atomic E-state index is 9.68. The average Bonchev–Trinajstić information content (AvgIpc) is 2.51. The van der Waals surface area contributed by atoms with E-state index in [4.69, 9.17) is 4.74 Å². The Balaban J connectivity index is 2.70. The molecule has 0 aliphatic carbocycles. The molecule has 0 aliphatic heterocycles. The van der Waals surface area contributed by atoms with Crippen LogP contribution in [0.3, 0.4) is 0 Å². The normalized spacial score (nSPS) is 13.5. The maximum atomic E-state index is 9.68. The fourth-order valence-electron chi connectivity index (χ4n) is 1.25. The Morgan fingerprint density at radius 2 is 2.29 bits per heavy atom. The van der Waals surface area contributed by atoms with Gasteiger partial charge in [0.05, 0.1) is 18.5 Å². The summed E-state index contributed by atoms with van der Waals surface area (Å²) < 4.78 is 6.59. The third kappa shape index (κ3) is 2.78. The number of aliphatic hydroxyl groups excluding tert-OH is 1. The van der Waals surface area contributed by atoms with E-state index < -0.39 is 6.10 Å². The van der Waals surface area contributed by atoms with Crippen LogP contribution in [0.15, 0.2) is 6.20 Å². The van der Waals surface area contributed by atoms with Gasteiger partial charge in [-0.2, -0.15) is 0 Å². The van der Waals surface area contributed by atoms with Crippen LogP contribution in [0.2, 0.25) is 0 Å². The SMILES string of the molecule is COCC(O)c1cnnn1CC(C)C. The molecule has 0 amide bonds. The number of rotatable bonds is 5. The predicted molar refractivity (Wildman–Crippen MR) is 51.7 cm³/mol. The molecular formula is C9H17N3O2. The summed E-state index contributed by atoms with van der Waals surface area (Å²) >= 11 is 0. The molecule has 0 aliphatic rings. The Morgan fingerprint density at radius 3 is 2.86 bits per heavy atom. The van der Waals surface area contributed by atoms with E-state index >= 15 is 0 Å². The van der Waals surface area contributed by atoms with Gasteiger partial charge in [0.2, 0.25) is 0 Å². The summed E-state index contributed by atoms with van der Waals surface area (Å²) in [5.74, 6) is 0.477. The molecule has 1 unspecified atom stereocenters. The smallest absolute Gasteiger partial charge is 0.120 e. The van der Waals surface area contributed by atoms with E-state index in [1.165, 1.54) is 0 Å². The lowest BCUT2D eigenvalue weighted by Crippen LogP contribution is -2.15. The second-order valence-corrected chi connectivity index (χ2v) is 3.71. The van der Waals surface area contributed by atoms with Crippen LogP contribution in [0.4, 0.5) is 0 Å². The Bertz CT molecular complexity index is 273. The zero-order valence-electron chi connectivity index (χ0n) is 8.84. The predicted octanol–water partition coefficient (Wildman–Crippen LogP) is 0.614. The highest BCUT2D eigenvalue weighted by molar-refractivity contribution is 4.98. The average molecular weight is 199 g/mol. The number of aliphatic hydroxyl groups is 1. The van der Waals surface area contributed by atoms with E-state index in [1.807, 2.05) is 0 Å². The van der Waals surface area contributed by atoms with Crippen LogP contribution in [-0.2, 0) is 11.3 Å². The number of methoxy groups -OCH3 is 1. The largest absolute Gasteiger partial charge is 0.384 e. The lowest BCUT2D eigenvalue weighted by atomic mass is 10.2. The van der Waals surface area contributed by atoms with Crippen LogP contribution in [0.1, 0.15) is 25.6 Å². The van der Waals surface area contributed by atoms with E-state index in [-0.39, 0.29) is 6.61 Å². The number of nitrogens with zero attached hydrogens (tertiary/aromatic N) is 3. The molecule has 0 saturated carbocycles. The third-order valence-electron chi connectivity index (χ3n) is 1.85. The first-order valence-corrected chi connectivity index (χ1v) is 4.70. The highest BCUT2D eigenvalue weighted by Gasteiger charge is 2.14. The molecule has 1 aromatic rings. The first kappa shape index (κ1) is 11.1. The summed E-state index contributed by atoms with van der Waals surface area (Å²) in [6.07, 6.45) is 0.931. The van der Waals surface area contributed by atoms with Gasteiger partial charge in [0.15, 0.2) is 0 Å². The zero-order chi connectivity index (χ0) is 10.6. The summed E-state index contributed by atoms with van der Waals surface area (Å²) in [4.78, 5) is 0. The van der Waals surface area contributed by atoms with Crippen molar-refractivity contribution >= 4 is 0 Å². The highest BCUT2D eigenvalue weighted by Crippen LogP contribution is 2.12. The molecular weight excluding hydrogens is 182 g/mol. The van der Waals surface area contributed by atoms with Crippen molar-refractivity contribution < 1.29 is 9.84 Å². The first-order valence-electron chi connectivity index (χ1n) is 4.70. The minimum Gasteiger partial charge on any atom is -0.384 e. The zero-order valence-corrected chi connectivity index (χ0v) is 8.84. The van der Waals surface area contributed by atoms with Crippen molar-refractivity contribution in [3.63, 3.8) is 0 Å². The fraction of sp³-hybridized carbons (Fsp3) is 0.778. The van der Waals surface area contributed by atoms with Crippen LogP contribution >= 0.6 is 0 Å². The highest BCUT2D eigenvalue weighted by atomic mass is 16.5. The topological polar surface area (TPSA) is 60.2 Å². The van der Waals surface area contributed by atoms with Gasteiger partial charge >= 0.3 is 0 Å². The summed E-state index contributed by atoms with van der Waals surface area (Å²) in [6, 6.07) is 0. The van der Waals surface area contributed by atoms with Crippen LogP contribution in [0, 0.1) is 5.92 Å². The van der Waals surface area contributed by atoms with Gasteiger partial charge in [-0.3, -0.25) is 0 Å². The molecule has 80 valence electrons. The monoisotopic (exact) mass is 199 g/mol. The summed E-state index contributed by atoms with van der Waals surface area (Å²) in [5, 5.41) is 17.4. The van der Waals surface area contributed by atoms with Gasteiger partial charge in [-0.15, -0.1) is 5.10 Å². The number of hydrogen-bond donors (Lipinski definition) is 1. The number of aromatic nitrogens is 3. The second kappa shape index (κ2) is 5.07. The lowest BCUT2D eigenvalue weighted by Gasteiger charge is -2.12. The van der Waals surface area contributed by atoms with Crippen molar-refractivity contribution in [2.75, 3.05) is 13.7 Å². The Labute approximate surface area is 83.7 Å². The molecule has 1 heterocycles. The van der Waals surface area contributed by atoms with Crippen molar-refractivity contribution in [2.45, 2.75) is 26.5 Å². The molecule has 1 N–H and O–H groups in total. The van der Waals surface area contributed by atoms with Crippen molar-refractivity contribution in [3.8, 4) is 0 Å². The number of ether oxygens (including phenoxy) is 1.